The largest absolute Gasteiger partial charge is 0.492 e. The Morgan fingerprint density at radius 2 is 2.15 bits per heavy atom. The number of nitrogens with one attached hydrogen (secondary N) is 1. The van der Waals surface area contributed by atoms with E-state index in [0.29, 0.717) is 18.3 Å². The van der Waals surface area contributed by atoms with Crippen LogP contribution in [0.1, 0.15) is 37.6 Å². The fourth-order valence-corrected chi connectivity index (χ4v) is 2.98. The summed E-state index contributed by atoms with van der Waals surface area (Å²) < 4.78 is 5.55. The second kappa shape index (κ2) is 7.20. The Kier molecular flexibility index (Phi) is 5.30. The van der Waals surface area contributed by atoms with Crippen LogP contribution in [-0.4, -0.2) is 6.61 Å². The van der Waals surface area contributed by atoms with Crippen molar-refractivity contribution in [2.24, 2.45) is 0 Å². The van der Waals surface area contributed by atoms with Crippen molar-refractivity contribution in [1.82, 2.24) is 0 Å². The fourth-order valence-electron chi connectivity index (χ4n) is 2.17. The standard InChI is InChI=1S/C16H22N2OS/c1-3-6-14(16-7-5-10-20-16)18-12-8-9-13(17)15(11-12)19-4-2/h5,7-11,14,18H,3-4,6,17H2,1-2H3. The van der Waals surface area contributed by atoms with Crippen molar-refractivity contribution in [3.05, 3.63) is 40.6 Å². The number of anilines is 2. The topological polar surface area (TPSA) is 47.3 Å². The third-order valence-electron chi connectivity index (χ3n) is 3.12. The van der Waals surface area contributed by atoms with Crippen LogP contribution in [0.15, 0.2) is 35.7 Å². The monoisotopic (exact) mass is 290 g/mol. The minimum Gasteiger partial charge on any atom is -0.492 e. The van der Waals surface area contributed by atoms with Crippen LogP contribution in [0.3, 0.4) is 0 Å². The Hall–Kier alpha value is -1.68. The second-order valence-electron chi connectivity index (χ2n) is 4.69. The molecular weight excluding hydrogens is 268 g/mol. The normalized spacial score (nSPS) is 12.1. The van der Waals surface area contributed by atoms with Gasteiger partial charge in [-0.05, 0) is 36.9 Å². The lowest BCUT2D eigenvalue weighted by atomic mass is 10.1. The van der Waals surface area contributed by atoms with Gasteiger partial charge in [-0.15, -0.1) is 11.3 Å². The molecule has 108 valence electrons. The van der Waals surface area contributed by atoms with Gasteiger partial charge in [0.15, 0.2) is 0 Å². The Balaban J connectivity index is 2.16. The smallest absolute Gasteiger partial charge is 0.144 e. The van der Waals surface area contributed by atoms with Gasteiger partial charge in [-0.25, -0.2) is 0 Å². The van der Waals surface area contributed by atoms with Crippen LogP contribution in [0, 0.1) is 0 Å². The van der Waals surface area contributed by atoms with Crippen molar-refractivity contribution < 1.29 is 4.74 Å². The highest BCUT2D eigenvalue weighted by Crippen LogP contribution is 2.31. The van der Waals surface area contributed by atoms with Crippen molar-refractivity contribution in [1.29, 1.82) is 0 Å². The van der Waals surface area contributed by atoms with Crippen LogP contribution >= 0.6 is 11.3 Å². The maximum absolute atomic E-state index is 5.91. The predicted octanol–water partition coefficient (Wildman–Crippen LogP) is 4.68. The van der Waals surface area contributed by atoms with E-state index >= 15 is 0 Å². The van der Waals surface area contributed by atoms with Gasteiger partial charge < -0.3 is 15.8 Å². The molecule has 1 unspecified atom stereocenters. The molecule has 1 aromatic heterocycles. The van der Waals surface area contributed by atoms with E-state index in [1.165, 1.54) is 4.88 Å². The number of nitrogen functional groups attached to an aromatic ring is 1. The number of rotatable bonds is 7. The zero-order valence-corrected chi connectivity index (χ0v) is 12.9. The van der Waals surface area contributed by atoms with E-state index < -0.39 is 0 Å². The first-order chi connectivity index (χ1) is 9.74. The number of hydrogen-bond acceptors (Lipinski definition) is 4. The lowest BCUT2D eigenvalue weighted by Crippen LogP contribution is -2.09. The number of thiophene rings is 1. The van der Waals surface area contributed by atoms with E-state index in [-0.39, 0.29) is 0 Å². The molecule has 3 N–H and O–H groups in total. The molecule has 4 heteroatoms. The van der Waals surface area contributed by atoms with Gasteiger partial charge in [0.2, 0.25) is 0 Å². The molecule has 1 aromatic carbocycles. The summed E-state index contributed by atoms with van der Waals surface area (Å²) in [4.78, 5) is 1.36. The summed E-state index contributed by atoms with van der Waals surface area (Å²) in [5.74, 6) is 0.749. The van der Waals surface area contributed by atoms with Crippen LogP contribution in [0.4, 0.5) is 11.4 Å². The molecule has 0 aliphatic heterocycles. The van der Waals surface area contributed by atoms with Crippen LogP contribution in [0.5, 0.6) is 5.75 Å². The summed E-state index contributed by atoms with van der Waals surface area (Å²) >= 11 is 1.79. The number of nitrogens with two attached hydrogens (primary N) is 1. The molecular formula is C16H22N2OS. The molecule has 3 nitrogen and oxygen atoms in total. The molecule has 2 aromatic rings. The Morgan fingerprint density at radius 3 is 2.80 bits per heavy atom. The third-order valence-corrected chi connectivity index (χ3v) is 4.10. The first-order valence-electron chi connectivity index (χ1n) is 7.06. The SMILES string of the molecule is CCCC(Nc1ccc(N)c(OCC)c1)c1cccs1. The van der Waals surface area contributed by atoms with E-state index in [0.717, 1.165) is 24.3 Å². The summed E-state index contributed by atoms with van der Waals surface area (Å²) in [6.07, 6.45) is 2.25. The molecule has 0 saturated carbocycles. The van der Waals surface area contributed by atoms with Gasteiger partial charge in [0, 0.05) is 16.6 Å². The minimum atomic E-state index is 0.345. The van der Waals surface area contributed by atoms with Crippen molar-refractivity contribution in [3.63, 3.8) is 0 Å². The summed E-state index contributed by atoms with van der Waals surface area (Å²) in [5, 5.41) is 5.70. The minimum absolute atomic E-state index is 0.345. The lowest BCUT2D eigenvalue weighted by molar-refractivity contribution is 0.342. The number of benzene rings is 1. The van der Waals surface area contributed by atoms with E-state index in [4.69, 9.17) is 10.5 Å². The van der Waals surface area contributed by atoms with Crippen molar-refractivity contribution in [3.8, 4) is 5.75 Å². The number of ether oxygens (including phenoxy) is 1. The molecule has 2 rings (SSSR count). The molecule has 0 saturated heterocycles. The quantitative estimate of drug-likeness (QED) is 0.728. The second-order valence-corrected chi connectivity index (χ2v) is 5.67. The molecule has 20 heavy (non-hydrogen) atoms. The average molecular weight is 290 g/mol. The highest BCUT2D eigenvalue weighted by Gasteiger charge is 2.12. The van der Waals surface area contributed by atoms with Crippen LogP contribution < -0.4 is 15.8 Å². The lowest BCUT2D eigenvalue weighted by Gasteiger charge is -2.19. The molecule has 0 bridgehead atoms. The van der Waals surface area contributed by atoms with Crippen molar-refractivity contribution in [2.45, 2.75) is 32.7 Å². The Morgan fingerprint density at radius 1 is 1.30 bits per heavy atom. The summed E-state index contributed by atoms with van der Waals surface area (Å²) in [6, 6.07) is 10.5. The molecule has 0 aliphatic carbocycles. The maximum atomic E-state index is 5.91. The van der Waals surface area contributed by atoms with Gasteiger partial charge in [0.05, 0.1) is 18.3 Å². The molecule has 0 radical (unpaired) electrons. The van der Waals surface area contributed by atoms with Crippen molar-refractivity contribution in [2.75, 3.05) is 17.7 Å². The highest BCUT2D eigenvalue weighted by molar-refractivity contribution is 7.10. The van der Waals surface area contributed by atoms with E-state index in [1.54, 1.807) is 11.3 Å². The molecule has 1 heterocycles. The third kappa shape index (κ3) is 3.67. The van der Waals surface area contributed by atoms with E-state index in [1.807, 2.05) is 25.1 Å². The summed E-state index contributed by atoms with van der Waals surface area (Å²) in [7, 11) is 0. The molecule has 0 amide bonds. The summed E-state index contributed by atoms with van der Waals surface area (Å²) in [5.41, 5.74) is 7.64. The Bertz CT molecular complexity index is 525. The molecule has 1 atom stereocenters. The molecule has 0 spiro atoms. The molecule has 0 fully saturated rings. The van der Waals surface area contributed by atoms with E-state index in [2.05, 4.69) is 29.8 Å². The van der Waals surface area contributed by atoms with Gasteiger partial charge in [-0.2, -0.15) is 0 Å². The molecule has 0 aliphatic rings. The Labute approximate surface area is 124 Å². The zero-order valence-electron chi connectivity index (χ0n) is 12.1. The van der Waals surface area contributed by atoms with Gasteiger partial charge >= 0.3 is 0 Å². The van der Waals surface area contributed by atoms with Gasteiger partial charge in [-0.1, -0.05) is 19.4 Å². The van der Waals surface area contributed by atoms with Crippen molar-refractivity contribution >= 4 is 22.7 Å². The first-order valence-corrected chi connectivity index (χ1v) is 7.94. The maximum Gasteiger partial charge on any atom is 0.144 e. The van der Waals surface area contributed by atoms with E-state index in [9.17, 15) is 0 Å². The highest BCUT2D eigenvalue weighted by atomic mass is 32.1. The predicted molar refractivity (Wildman–Crippen MR) is 87.6 cm³/mol. The zero-order chi connectivity index (χ0) is 14.4. The van der Waals surface area contributed by atoms with Crippen LogP contribution in [0.25, 0.3) is 0 Å². The first kappa shape index (κ1) is 14.7. The average Bonchev–Trinajstić information content (AvgIpc) is 2.96. The number of hydrogen-bond donors (Lipinski definition) is 2. The van der Waals surface area contributed by atoms with Crippen LogP contribution in [-0.2, 0) is 0 Å². The fraction of sp³-hybridized carbons (Fsp3) is 0.375. The van der Waals surface area contributed by atoms with Crippen LogP contribution in [0.2, 0.25) is 0 Å². The van der Waals surface area contributed by atoms with Gasteiger partial charge in [0.1, 0.15) is 5.75 Å². The summed E-state index contributed by atoms with van der Waals surface area (Å²) in [6.45, 7) is 4.79. The van der Waals surface area contributed by atoms with Gasteiger partial charge in [0.25, 0.3) is 0 Å². The van der Waals surface area contributed by atoms with Gasteiger partial charge in [-0.3, -0.25) is 0 Å².